The molecule has 3 heterocycles. The summed E-state index contributed by atoms with van der Waals surface area (Å²) in [5.74, 6) is 1.86. The lowest BCUT2D eigenvalue weighted by molar-refractivity contribution is -0.132. The summed E-state index contributed by atoms with van der Waals surface area (Å²) in [6, 6.07) is 10.00. The van der Waals surface area contributed by atoms with E-state index in [0.717, 1.165) is 27.7 Å². The van der Waals surface area contributed by atoms with Gasteiger partial charge in [0, 0.05) is 13.1 Å². The van der Waals surface area contributed by atoms with E-state index in [9.17, 15) is 4.79 Å². The van der Waals surface area contributed by atoms with Crippen molar-refractivity contribution in [1.29, 1.82) is 0 Å². The first-order valence-electron chi connectivity index (χ1n) is 9.30. The van der Waals surface area contributed by atoms with Gasteiger partial charge in [-0.15, -0.1) is 21.5 Å². The van der Waals surface area contributed by atoms with Gasteiger partial charge < -0.3 is 14.4 Å². The van der Waals surface area contributed by atoms with E-state index >= 15 is 0 Å². The maximum atomic E-state index is 12.6. The third-order valence-electron chi connectivity index (χ3n) is 4.64. The third-order valence-corrected chi connectivity index (χ3v) is 6.42. The van der Waals surface area contributed by atoms with Crippen LogP contribution in [0.3, 0.4) is 0 Å². The average Bonchev–Trinajstić information content (AvgIpc) is 3.42. The van der Waals surface area contributed by atoms with Gasteiger partial charge in [-0.3, -0.25) is 9.36 Å². The molecule has 0 N–H and O–H groups in total. The highest BCUT2D eigenvalue weighted by Crippen LogP contribution is 2.34. The van der Waals surface area contributed by atoms with Crippen LogP contribution in [0, 0.1) is 6.92 Å². The van der Waals surface area contributed by atoms with Crippen molar-refractivity contribution < 1.29 is 14.3 Å². The van der Waals surface area contributed by atoms with Crippen molar-refractivity contribution in [2.24, 2.45) is 0 Å². The second-order valence-electron chi connectivity index (χ2n) is 6.58. The Bertz CT molecular complexity index is 982. The van der Waals surface area contributed by atoms with Crippen LogP contribution in [-0.4, -0.2) is 64.7 Å². The number of thiophene rings is 1. The summed E-state index contributed by atoms with van der Waals surface area (Å²) >= 11 is 2.99. The largest absolute Gasteiger partial charge is 0.495 e. The molecule has 1 aliphatic heterocycles. The predicted molar refractivity (Wildman–Crippen MR) is 114 cm³/mol. The van der Waals surface area contributed by atoms with Crippen molar-refractivity contribution in [2.45, 2.75) is 12.1 Å². The number of carbonyl (C=O) groups excluding carboxylic acids is 1. The molecule has 4 rings (SSSR count). The molecule has 0 atom stereocenters. The van der Waals surface area contributed by atoms with E-state index in [4.69, 9.17) is 9.47 Å². The fraction of sp³-hybridized carbons (Fsp3) is 0.350. The van der Waals surface area contributed by atoms with Crippen LogP contribution in [0.25, 0.3) is 16.4 Å². The Morgan fingerprint density at radius 3 is 2.83 bits per heavy atom. The normalized spacial score (nSPS) is 14.2. The smallest absolute Gasteiger partial charge is 0.233 e. The lowest BCUT2D eigenvalue weighted by Crippen LogP contribution is -2.41. The van der Waals surface area contributed by atoms with E-state index in [1.54, 1.807) is 18.4 Å². The van der Waals surface area contributed by atoms with Crippen LogP contribution >= 0.6 is 23.1 Å². The van der Waals surface area contributed by atoms with E-state index in [-0.39, 0.29) is 5.91 Å². The number of benzene rings is 1. The minimum atomic E-state index is 0.0849. The Balaban J connectivity index is 1.68. The second kappa shape index (κ2) is 8.98. The fourth-order valence-electron chi connectivity index (χ4n) is 3.15. The second-order valence-corrected chi connectivity index (χ2v) is 8.47. The zero-order valence-corrected chi connectivity index (χ0v) is 18.0. The van der Waals surface area contributed by atoms with Crippen LogP contribution in [0.15, 0.2) is 40.9 Å². The first kappa shape index (κ1) is 19.9. The van der Waals surface area contributed by atoms with E-state index in [1.807, 2.05) is 52.1 Å². The molecule has 0 spiro atoms. The molecule has 0 radical (unpaired) electrons. The number of aromatic nitrogens is 3. The molecular formula is C20H22N4O3S2. The van der Waals surface area contributed by atoms with E-state index < -0.39 is 0 Å². The van der Waals surface area contributed by atoms with Gasteiger partial charge in [-0.2, -0.15) is 0 Å². The molecule has 1 amide bonds. The number of aryl methyl sites for hydroxylation is 1. The van der Waals surface area contributed by atoms with E-state index in [1.165, 1.54) is 11.8 Å². The first-order valence-corrected chi connectivity index (χ1v) is 11.2. The Morgan fingerprint density at radius 1 is 1.28 bits per heavy atom. The quantitative estimate of drug-likeness (QED) is 0.559. The molecule has 0 bridgehead atoms. The number of hydrogen-bond donors (Lipinski definition) is 0. The first-order chi connectivity index (χ1) is 14.2. The van der Waals surface area contributed by atoms with Gasteiger partial charge in [0.05, 0.1) is 36.6 Å². The summed E-state index contributed by atoms with van der Waals surface area (Å²) in [5.41, 5.74) is 1.97. The number of morpholine rings is 1. The topological polar surface area (TPSA) is 69.5 Å². The number of methoxy groups -OCH3 is 1. The predicted octanol–water partition coefficient (Wildman–Crippen LogP) is 3.26. The van der Waals surface area contributed by atoms with E-state index in [2.05, 4.69) is 10.2 Å². The molecule has 29 heavy (non-hydrogen) atoms. The van der Waals surface area contributed by atoms with Gasteiger partial charge in [0.1, 0.15) is 5.75 Å². The van der Waals surface area contributed by atoms with Crippen LogP contribution in [0.4, 0.5) is 0 Å². The number of hydrogen-bond acceptors (Lipinski definition) is 7. The highest BCUT2D eigenvalue weighted by Gasteiger charge is 2.22. The summed E-state index contributed by atoms with van der Waals surface area (Å²) < 4.78 is 12.9. The van der Waals surface area contributed by atoms with Crippen LogP contribution in [-0.2, 0) is 9.53 Å². The number of carbonyl (C=O) groups is 1. The summed E-state index contributed by atoms with van der Waals surface area (Å²) in [7, 11) is 1.65. The van der Waals surface area contributed by atoms with Gasteiger partial charge in [0.25, 0.3) is 0 Å². The molecule has 0 saturated carbocycles. The molecular weight excluding hydrogens is 408 g/mol. The molecule has 9 heteroatoms. The van der Waals surface area contributed by atoms with Crippen LogP contribution < -0.4 is 4.74 Å². The van der Waals surface area contributed by atoms with Gasteiger partial charge >= 0.3 is 0 Å². The minimum Gasteiger partial charge on any atom is -0.495 e. The highest BCUT2D eigenvalue weighted by atomic mass is 32.2. The molecule has 2 aromatic heterocycles. The fourth-order valence-corrected chi connectivity index (χ4v) is 4.70. The monoisotopic (exact) mass is 430 g/mol. The Morgan fingerprint density at radius 2 is 2.10 bits per heavy atom. The van der Waals surface area contributed by atoms with Crippen molar-refractivity contribution in [3.05, 3.63) is 41.3 Å². The van der Waals surface area contributed by atoms with Crippen molar-refractivity contribution in [3.8, 4) is 22.1 Å². The molecule has 152 valence electrons. The zero-order valence-electron chi connectivity index (χ0n) is 16.3. The van der Waals surface area contributed by atoms with Gasteiger partial charge in [0.2, 0.25) is 5.91 Å². The van der Waals surface area contributed by atoms with Gasteiger partial charge in [-0.1, -0.05) is 23.9 Å². The number of thioether (sulfide) groups is 1. The van der Waals surface area contributed by atoms with Gasteiger partial charge in [0.15, 0.2) is 11.0 Å². The van der Waals surface area contributed by atoms with Crippen molar-refractivity contribution in [2.75, 3.05) is 39.2 Å². The maximum absolute atomic E-state index is 12.6. The van der Waals surface area contributed by atoms with Crippen molar-refractivity contribution in [3.63, 3.8) is 0 Å². The summed E-state index contributed by atoms with van der Waals surface area (Å²) in [4.78, 5) is 15.4. The Kier molecular flexibility index (Phi) is 6.17. The summed E-state index contributed by atoms with van der Waals surface area (Å²) in [5, 5.41) is 11.5. The molecule has 1 aliphatic rings. The third kappa shape index (κ3) is 4.31. The molecule has 0 aliphatic carbocycles. The number of rotatable bonds is 6. The highest BCUT2D eigenvalue weighted by molar-refractivity contribution is 7.99. The maximum Gasteiger partial charge on any atom is 0.233 e. The summed E-state index contributed by atoms with van der Waals surface area (Å²) in [6.45, 7) is 4.49. The van der Waals surface area contributed by atoms with Crippen molar-refractivity contribution >= 4 is 29.0 Å². The standard InChI is InChI=1S/C20H22N4O3S2/c1-14-5-6-16(26-2)15(12-14)24-19(17-4-3-11-28-17)21-22-20(24)29-13-18(25)23-7-9-27-10-8-23/h3-6,11-12H,7-10,13H2,1-2H3. The summed E-state index contributed by atoms with van der Waals surface area (Å²) in [6.07, 6.45) is 0. The molecule has 3 aromatic rings. The van der Waals surface area contributed by atoms with E-state index in [0.29, 0.717) is 37.2 Å². The van der Waals surface area contributed by atoms with Crippen LogP contribution in [0.1, 0.15) is 5.56 Å². The van der Waals surface area contributed by atoms with Gasteiger partial charge in [-0.25, -0.2) is 0 Å². The Hall–Kier alpha value is -2.36. The SMILES string of the molecule is COc1ccc(C)cc1-n1c(SCC(=O)N2CCOCC2)nnc1-c1cccs1. The van der Waals surface area contributed by atoms with Gasteiger partial charge in [-0.05, 0) is 36.1 Å². The molecule has 7 nitrogen and oxygen atoms in total. The molecule has 1 aromatic carbocycles. The number of amides is 1. The molecule has 1 saturated heterocycles. The average molecular weight is 431 g/mol. The van der Waals surface area contributed by atoms with Crippen LogP contribution in [0.5, 0.6) is 5.75 Å². The molecule has 1 fully saturated rings. The van der Waals surface area contributed by atoms with Crippen molar-refractivity contribution in [1.82, 2.24) is 19.7 Å². The minimum absolute atomic E-state index is 0.0849. The number of nitrogens with zero attached hydrogens (tertiary/aromatic N) is 4. The molecule has 0 unspecified atom stereocenters. The lowest BCUT2D eigenvalue weighted by atomic mass is 10.2. The van der Waals surface area contributed by atoms with Crippen LogP contribution in [0.2, 0.25) is 0 Å². The zero-order chi connectivity index (χ0) is 20.2. The lowest BCUT2D eigenvalue weighted by Gasteiger charge is -2.26. The number of ether oxygens (including phenoxy) is 2. The Labute approximate surface area is 177 Å².